The van der Waals surface area contributed by atoms with Gasteiger partial charge in [-0.05, 0) is 35.1 Å². The molecule has 0 saturated carbocycles. The van der Waals surface area contributed by atoms with Crippen molar-refractivity contribution in [2.45, 2.75) is 17.4 Å². The molecule has 1 heterocycles. The fraction of sp³-hybridized carbons (Fsp3) is 0.250. The lowest BCUT2D eigenvalue weighted by Gasteiger charge is -2.27. The minimum absolute atomic E-state index is 0.492. The fourth-order valence-electron chi connectivity index (χ4n) is 2.65. The van der Waals surface area contributed by atoms with Crippen LogP contribution in [-0.2, 0) is 6.54 Å². The van der Waals surface area contributed by atoms with Crippen LogP contribution in [0.2, 0.25) is 0 Å². The van der Waals surface area contributed by atoms with E-state index in [0.29, 0.717) is 5.92 Å². The van der Waals surface area contributed by atoms with Crippen LogP contribution < -0.4 is 5.32 Å². The lowest BCUT2D eigenvalue weighted by Crippen LogP contribution is -2.28. The summed E-state index contributed by atoms with van der Waals surface area (Å²) < 4.78 is 0. The van der Waals surface area contributed by atoms with Gasteiger partial charge in [0.15, 0.2) is 0 Å². The first-order valence-electron chi connectivity index (χ1n) is 6.31. The van der Waals surface area contributed by atoms with E-state index in [4.69, 9.17) is 0 Å². The van der Waals surface area contributed by atoms with Crippen LogP contribution in [-0.4, -0.2) is 12.8 Å². The monoisotopic (exact) mass is 255 g/mol. The Bertz CT molecular complexity index is 536. The highest BCUT2D eigenvalue weighted by Crippen LogP contribution is 2.32. The zero-order valence-corrected chi connectivity index (χ0v) is 11.3. The van der Waals surface area contributed by atoms with Crippen molar-refractivity contribution in [3.63, 3.8) is 0 Å². The van der Waals surface area contributed by atoms with Crippen molar-refractivity contribution in [1.29, 1.82) is 0 Å². The highest BCUT2D eigenvalue weighted by molar-refractivity contribution is 7.98. The summed E-state index contributed by atoms with van der Waals surface area (Å²) in [6.45, 7) is 2.03. The van der Waals surface area contributed by atoms with Crippen molar-refractivity contribution in [2.75, 3.05) is 12.8 Å². The summed E-state index contributed by atoms with van der Waals surface area (Å²) >= 11 is 1.81. The Morgan fingerprint density at radius 1 is 1.11 bits per heavy atom. The van der Waals surface area contributed by atoms with Gasteiger partial charge >= 0.3 is 0 Å². The van der Waals surface area contributed by atoms with Gasteiger partial charge in [-0.2, -0.15) is 0 Å². The average Bonchev–Trinajstić information content (AvgIpc) is 2.47. The van der Waals surface area contributed by atoms with Crippen molar-refractivity contribution in [3.05, 3.63) is 65.2 Å². The van der Waals surface area contributed by atoms with Crippen LogP contribution in [0.15, 0.2) is 53.4 Å². The van der Waals surface area contributed by atoms with Crippen molar-refractivity contribution < 1.29 is 0 Å². The minimum Gasteiger partial charge on any atom is -0.312 e. The Balaban J connectivity index is 2.02. The third-order valence-electron chi connectivity index (χ3n) is 3.59. The summed E-state index contributed by atoms with van der Waals surface area (Å²) in [6.07, 6.45) is 2.13. The second-order valence-corrected chi connectivity index (χ2v) is 5.54. The smallest absolute Gasteiger partial charge is 0.0218 e. The van der Waals surface area contributed by atoms with Gasteiger partial charge < -0.3 is 5.32 Å². The lowest BCUT2D eigenvalue weighted by molar-refractivity contribution is 0.590. The molecule has 0 spiro atoms. The maximum Gasteiger partial charge on any atom is 0.0218 e. The van der Waals surface area contributed by atoms with Gasteiger partial charge in [-0.15, -0.1) is 11.8 Å². The van der Waals surface area contributed by atoms with E-state index < -0.39 is 0 Å². The van der Waals surface area contributed by atoms with E-state index in [9.17, 15) is 0 Å². The molecule has 2 heteroatoms. The molecule has 1 aliphatic heterocycles. The zero-order chi connectivity index (χ0) is 12.4. The predicted octanol–water partition coefficient (Wildman–Crippen LogP) is 3.64. The molecule has 0 fully saturated rings. The number of fused-ring (bicyclic) bond motifs is 1. The van der Waals surface area contributed by atoms with Gasteiger partial charge in [-0.1, -0.05) is 36.4 Å². The number of rotatable bonds is 2. The lowest BCUT2D eigenvalue weighted by atomic mass is 9.86. The Kier molecular flexibility index (Phi) is 3.39. The molecule has 1 nitrogen and oxygen atoms in total. The zero-order valence-electron chi connectivity index (χ0n) is 10.5. The van der Waals surface area contributed by atoms with Crippen LogP contribution in [0, 0.1) is 0 Å². The normalized spacial score (nSPS) is 18.4. The number of hydrogen-bond acceptors (Lipinski definition) is 2. The molecule has 18 heavy (non-hydrogen) atoms. The molecule has 1 N–H and O–H groups in total. The fourth-order valence-corrected chi connectivity index (χ4v) is 3.11. The molecule has 0 radical (unpaired) electrons. The molecule has 0 aromatic heterocycles. The van der Waals surface area contributed by atoms with Gasteiger partial charge in [-0.25, -0.2) is 0 Å². The largest absolute Gasteiger partial charge is 0.312 e. The molecule has 1 aliphatic rings. The van der Waals surface area contributed by atoms with Gasteiger partial charge in [0.1, 0.15) is 0 Å². The summed E-state index contributed by atoms with van der Waals surface area (Å²) in [5.74, 6) is 0.492. The Labute approximate surface area is 113 Å². The third kappa shape index (κ3) is 2.18. The van der Waals surface area contributed by atoms with E-state index in [1.165, 1.54) is 21.6 Å². The number of benzene rings is 2. The highest BCUT2D eigenvalue weighted by Gasteiger charge is 2.21. The highest BCUT2D eigenvalue weighted by atomic mass is 32.2. The summed E-state index contributed by atoms with van der Waals surface area (Å²) in [4.78, 5) is 1.35. The van der Waals surface area contributed by atoms with Crippen molar-refractivity contribution in [2.24, 2.45) is 0 Å². The first kappa shape index (κ1) is 11.8. The molecule has 92 valence electrons. The predicted molar refractivity (Wildman–Crippen MR) is 78.2 cm³/mol. The van der Waals surface area contributed by atoms with E-state index in [-0.39, 0.29) is 0 Å². The first-order valence-corrected chi connectivity index (χ1v) is 7.53. The molecule has 3 rings (SSSR count). The van der Waals surface area contributed by atoms with Crippen LogP contribution >= 0.6 is 11.8 Å². The molecule has 2 aromatic carbocycles. The SMILES string of the molecule is CSc1ccc2c(c1)CNCC2c1ccccc1. The standard InChI is InChI=1S/C16H17NS/c1-18-14-7-8-15-13(9-14)10-17-11-16(15)12-5-3-2-4-6-12/h2-9,16-17H,10-11H2,1H3. The molecule has 1 atom stereocenters. The Hall–Kier alpha value is -1.25. The van der Waals surface area contributed by atoms with Gasteiger partial charge in [0.05, 0.1) is 0 Å². The van der Waals surface area contributed by atoms with E-state index in [1.807, 2.05) is 11.8 Å². The van der Waals surface area contributed by atoms with E-state index in [0.717, 1.165) is 13.1 Å². The van der Waals surface area contributed by atoms with E-state index in [2.05, 4.69) is 60.1 Å². The number of thioether (sulfide) groups is 1. The van der Waals surface area contributed by atoms with Crippen LogP contribution in [0.4, 0.5) is 0 Å². The molecule has 0 bridgehead atoms. The summed E-state index contributed by atoms with van der Waals surface area (Å²) in [6, 6.07) is 17.7. The van der Waals surface area contributed by atoms with Crippen LogP contribution in [0.25, 0.3) is 0 Å². The molecule has 2 aromatic rings. The molecule has 1 unspecified atom stereocenters. The quantitative estimate of drug-likeness (QED) is 0.822. The van der Waals surface area contributed by atoms with E-state index in [1.54, 1.807) is 0 Å². The van der Waals surface area contributed by atoms with Gasteiger partial charge in [0, 0.05) is 23.9 Å². The number of hydrogen-bond donors (Lipinski definition) is 1. The topological polar surface area (TPSA) is 12.0 Å². The summed E-state index contributed by atoms with van der Waals surface area (Å²) in [7, 11) is 0. The molecular weight excluding hydrogens is 238 g/mol. The molecule has 0 saturated heterocycles. The Morgan fingerprint density at radius 2 is 1.94 bits per heavy atom. The second kappa shape index (κ2) is 5.17. The molecular formula is C16H17NS. The van der Waals surface area contributed by atoms with Crippen LogP contribution in [0.1, 0.15) is 22.6 Å². The average molecular weight is 255 g/mol. The molecule has 0 amide bonds. The van der Waals surface area contributed by atoms with Gasteiger partial charge in [0.2, 0.25) is 0 Å². The maximum atomic E-state index is 3.53. The summed E-state index contributed by atoms with van der Waals surface area (Å²) in [5.41, 5.74) is 4.34. The third-order valence-corrected chi connectivity index (χ3v) is 4.32. The first-order chi connectivity index (χ1) is 8.88. The Morgan fingerprint density at radius 3 is 2.72 bits per heavy atom. The van der Waals surface area contributed by atoms with Crippen molar-refractivity contribution >= 4 is 11.8 Å². The second-order valence-electron chi connectivity index (χ2n) is 4.66. The van der Waals surface area contributed by atoms with Gasteiger partial charge in [-0.3, -0.25) is 0 Å². The van der Waals surface area contributed by atoms with Crippen molar-refractivity contribution in [3.8, 4) is 0 Å². The van der Waals surface area contributed by atoms with Crippen LogP contribution in [0.5, 0.6) is 0 Å². The number of nitrogens with one attached hydrogen (secondary N) is 1. The minimum atomic E-state index is 0.492. The van der Waals surface area contributed by atoms with E-state index >= 15 is 0 Å². The van der Waals surface area contributed by atoms with Crippen LogP contribution in [0.3, 0.4) is 0 Å². The molecule has 0 aliphatic carbocycles. The van der Waals surface area contributed by atoms with Crippen molar-refractivity contribution in [1.82, 2.24) is 5.32 Å². The summed E-state index contributed by atoms with van der Waals surface area (Å²) in [5, 5.41) is 3.53. The van der Waals surface area contributed by atoms with Gasteiger partial charge in [0.25, 0.3) is 0 Å². The maximum absolute atomic E-state index is 3.53.